The molecule has 0 heterocycles. The smallest absolute Gasteiger partial charge is 0.306 e. The molecule has 0 aliphatic heterocycles. The van der Waals surface area contributed by atoms with E-state index in [2.05, 4.69) is 111 Å². The maximum absolute atomic E-state index is 12.3. The van der Waals surface area contributed by atoms with Crippen LogP contribution in [0.3, 0.4) is 0 Å². The summed E-state index contributed by atoms with van der Waals surface area (Å²) in [7, 11) is 0. The molecule has 0 saturated heterocycles. The lowest BCUT2D eigenvalue weighted by Crippen LogP contribution is -2.28. The van der Waals surface area contributed by atoms with Crippen molar-refractivity contribution in [2.75, 3.05) is 13.2 Å². The summed E-state index contributed by atoms with van der Waals surface area (Å²) in [4.78, 5) is 24.5. The Labute approximate surface area is 447 Å². The Hall–Kier alpha value is -3.18. The minimum atomic E-state index is -0.808. The maximum atomic E-state index is 12.3. The summed E-state index contributed by atoms with van der Waals surface area (Å²) in [5.74, 6) is -0.655. The monoisotopic (exact) mass is 1000 g/mol. The van der Waals surface area contributed by atoms with Crippen LogP contribution in [0.4, 0.5) is 0 Å². The summed E-state index contributed by atoms with van der Waals surface area (Å²) in [5.41, 5.74) is 0. The van der Waals surface area contributed by atoms with Gasteiger partial charge in [-0.25, -0.2) is 0 Å². The van der Waals surface area contributed by atoms with Gasteiger partial charge in [0.05, 0.1) is 6.61 Å². The number of ether oxygens (including phenoxy) is 2. The predicted molar refractivity (Wildman–Crippen MR) is 316 cm³/mol. The molecule has 72 heavy (non-hydrogen) atoms. The minimum absolute atomic E-state index is 0.0918. The molecular weight excluding hydrogens is 885 g/mol. The first kappa shape index (κ1) is 68.8. The van der Waals surface area contributed by atoms with E-state index in [0.717, 1.165) is 70.6 Å². The van der Waals surface area contributed by atoms with E-state index < -0.39 is 6.10 Å². The van der Waals surface area contributed by atoms with Crippen LogP contribution < -0.4 is 0 Å². The van der Waals surface area contributed by atoms with E-state index in [1.165, 1.54) is 193 Å². The lowest BCUT2D eigenvalue weighted by atomic mass is 10.0. The number of aliphatic hydroxyl groups is 1. The van der Waals surface area contributed by atoms with Gasteiger partial charge < -0.3 is 14.6 Å². The first-order chi connectivity index (χ1) is 35.6. The fraction of sp³-hybridized carbons (Fsp3) is 0.731. The van der Waals surface area contributed by atoms with Gasteiger partial charge in [0.1, 0.15) is 6.61 Å². The van der Waals surface area contributed by atoms with E-state index >= 15 is 0 Å². The fourth-order valence-corrected chi connectivity index (χ4v) is 8.78. The number of allylic oxidation sites excluding steroid dienone is 16. The largest absolute Gasteiger partial charge is 0.462 e. The molecule has 0 bridgehead atoms. The number of unbranched alkanes of at least 4 members (excludes halogenated alkanes) is 32. The molecule has 0 spiro atoms. The molecule has 5 heteroatoms. The third kappa shape index (κ3) is 59.4. The number of hydrogen-bond acceptors (Lipinski definition) is 5. The standard InChI is InChI=1S/C67H116O5/c1-3-5-7-9-11-13-15-17-19-21-23-25-27-28-29-30-31-32-33-34-35-36-37-38-40-41-43-45-47-49-51-53-55-57-59-61-66(69)71-64-65(63-68)72-67(70)62-60-58-56-54-52-50-48-46-44-42-39-26-24-22-20-18-16-14-12-10-8-6-4-2/h6,8,12,14,18,20-21,23-24,26,42,44,48,50,54,56,65,68H,3-5,7,9-11,13,15-17,19,22,25,27-41,43,45-47,49,51-53,55,57-64H2,1-2H3/b8-6-,14-12-,20-18-,23-21-,26-24-,44-42-,50-48-,56-54-. The summed E-state index contributed by atoms with van der Waals surface area (Å²) in [6.45, 7) is 4.00. The molecule has 1 N–H and O–H groups in total. The van der Waals surface area contributed by atoms with Crippen LogP contribution in [0.25, 0.3) is 0 Å². The van der Waals surface area contributed by atoms with Gasteiger partial charge in [-0.1, -0.05) is 291 Å². The molecule has 0 aromatic heterocycles. The van der Waals surface area contributed by atoms with Gasteiger partial charge in [0.15, 0.2) is 6.10 Å². The van der Waals surface area contributed by atoms with Crippen LogP contribution in [0.1, 0.15) is 296 Å². The SMILES string of the molecule is CC/C=C\C/C=C\C/C=C\C/C=C\C/C=C\C/C=C\C/C=C\CCCC(=O)OC(CO)COC(=O)CCCCCCCCCCCCCCCCCCCCCCCCC/C=C\CCCCCCCCCC. The molecule has 414 valence electrons. The molecule has 0 saturated carbocycles. The van der Waals surface area contributed by atoms with Crippen molar-refractivity contribution in [3.63, 3.8) is 0 Å². The predicted octanol–water partition coefficient (Wildman–Crippen LogP) is 21.1. The number of carbonyl (C=O) groups excluding carboxylic acids is 2. The van der Waals surface area contributed by atoms with Crippen molar-refractivity contribution in [2.45, 2.75) is 302 Å². The molecule has 0 aliphatic carbocycles. The third-order valence-electron chi connectivity index (χ3n) is 13.4. The summed E-state index contributed by atoms with van der Waals surface area (Å²) < 4.78 is 10.7. The number of carbonyl (C=O) groups is 2. The van der Waals surface area contributed by atoms with E-state index in [1.807, 2.05) is 0 Å². The Morgan fingerprint density at radius 3 is 0.958 bits per heavy atom. The second-order valence-electron chi connectivity index (χ2n) is 20.4. The quantitative estimate of drug-likeness (QED) is 0.0373. The Morgan fingerprint density at radius 1 is 0.333 bits per heavy atom. The second-order valence-corrected chi connectivity index (χ2v) is 20.4. The zero-order chi connectivity index (χ0) is 52.0. The number of hydrogen-bond donors (Lipinski definition) is 1. The van der Waals surface area contributed by atoms with E-state index in [9.17, 15) is 14.7 Å². The van der Waals surface area contributed by atoms with E-state index in [4.69, 9.17) is 9.47 Å². The van der Waals surface area contributed by atoms with Crippen LogP contribution in [0, 0.1) is 0 Å². The topological polar surface area (TPSA) is 72.8 Å². The molecule has 1 unspecified atom stereocenters. The average Bonchev–Trinajstić information content (AvgIpc) is 3.38. The van der Waals surface area contributed by atoms with Gasteiger partial charge in [0.25, 0.3) is 0 Å². The molecule has 0 amide bonds. The summed E-state index contributed by atoms with van der Waals surface area (Å²) in [6.07, 6.45) is 88.5. The summed E-state index contributed by atoms with van der Waals surface area (Å²) in [6, 6.07) is 0. The molecule has 0 fully saturated rings. The molecule has 0 rings (SSSR count). The third-order valence-corrected chi connectivity index (χ3v) is 13.4. The summed E-state index contributed by atoms with van der Waals surface area (Å²) >= 11 is 0. The molecule has 0 aromatic rings. The number of aliphatic hydroxyl groups excluding tert-OH is 1. The highest BCUT2D eigenvalue weighted by atomic mass is 16.6. The fourth-order valence-electron chi connectivity index (χ4n) is 8.78. The molecule has 1 atom stereocenters. The van der Waals surface area contributed by atoms with Crippen molar-refractivity contribution >= 4 is 11.9 Å². The van der Waals surface area contributed by atoms with Gasteiger partial charge in [0.2, 0.25) is 0 Å². The van der Waals surface area contributed by atoms with Crippen LogP contribution in [-0.2, 0) is 19.1 Å². The maximum Gasteiger partial charge on any atom is 0.306 e. The lowest BCUT2D eigenvalue weighted by Gasteiger charge is -2.15. The van der Waals surface area contributed by atoms with Crippen LogP contribution in [0.2, 0.25) is 0 Å². The van der Waals surface area contributed by atoms with Gasteiger partial charge >= 0.3 is 11.9 Å². The second kappa shape index (κ2) is 62.1. The first-order valence-corrected chi connectivity index (χ1v) is 30.8. The highest BCUT2D eigenvalue weighted by Gasteiger charge is 2.16. The van der Waals surface area contributed by atoms with E-state index in [1.54, 1.807) is 0 Å². The van der Waals surface area contributed by atoms with Crippen LogP contribution in [0.5, 0.6) is 0 Å². The zero-order valence-corrected chi connectivity index (χ0v) is 47.4. The van der Waals surface area contributed by atoms with Gasteiger partial charge in [-0.2, -0.15) is 0 Å². The van der Waals surface area contributed by atoms with Crippen molar-refractivity contribution in [2.24, 2.45) is 0 Å². The highest BCUT2D eigenvalue weighted by Crippen LogP contribution is 2.17. The van der Waals surface area contributed by atoms with E-state index in [0.29, 0.717) is 12.8 Å². The average molecular weight is 1000 g/mol. The molecular formula is C67H116O5. The molecule has 5 nitrogen and oxygen atoms in total. The van der Waals surface area contributed by atoms with Crippen molar-refractivity contribution in [1.82, 2.24) is 0 Å². The van der Waals surface area contributed by atoms with Gasteiger partial charge in [-0.15, -0.1) is 0 Å². The minimum Gasteiger partial charge on any atom is -0.462 e. The van der Waals surface area contributed by atoms with Gasteiger partial charge in [-0.05, 0) is 89.9 Å². The Morgan fingerprint density at radius 2 is 0.611 bits per heavy atom. The van der Waals surface area contributed by atoms with Crippen molar-refractivity contribution in [3.05, 3.63) is 97.2 Å². The van der Waals surface area contributed by atoms with Gasteiger partial charge in [0, 0.05) is 12.8 Å². The lowest BCUT2D eigenvalue weighted by molar-refractivity contribution is -0.161. The molecule has 0 radical (unpaired) electrons. The molecule has 0 aliphatic rings. The van der Waals surface area contributed by atoms with Crippen molar-refractivity contribution in [1.29, 1.82) is 0 Å². The van der Waals surface area contributed by atoms with Crippen LogP contribution in [-0.4, -0.2) is 36.4 Å². The Balaban J connectivity index is 3.50. The first-order valence-electron chi connectivity index (χ1n) is 30.8. The normalized spacial score (nSPS) is 12.9. The number of rotatable bonds is 56. The van der Waals surface area contributed by atoms with Crippen molar-refractivity contribution < 1.29 is 24.2 Å². The van der Waals surface area contributed by atoms with Crippen molar-refractivity contribution in [3.8, 4) is 0 Å². The molecule has 0 aromatic carbocycles. The Bertz CT molecular complexity index is 1360. The summed E-state index contributed by atoms with van der Waals surface area (Å²) in [5, 5.41) is 9.65. The van der Waals surface area contributed by atoms with E-state index in [-0.39, 0.29) is 31.6 Å². The Kier molecular flexibility index (Phi) is 59.4. The van der Waals surface area contributed by atoms with Gasteiger partial charge in [-0.3, -0.25) is 9.59 Å². The van der Waals surface area contributed by atoms with Crippen LogP contribution >= 0.6 is 0 Å². The van der Waals surface area contributed by atoms with Crippen LogP contribution in [0.15, 0.2) is 97.2 Å². The number of esters is 2. The zero-order valence-electron chi connectivity index (χ0n) is 47.4. The highest BCUT2D eigenvalue weighted by molar-refractivity contribution is 5.70.